The van der Waals surface area contributed by atoms with Crippen molar-refractivity contribution >= 4 is 18.0 Å². The van der Waals surface area contributed by atoms with Crippen molar-refractivity contribution in [1.29, 1.82) is 0 Å². The van der Waals surface area contributed by atoms with Crippen LogP contribution >= 0.6 is 0 Å². The monoisotopic (exact) mass is 632 g/mol. The predicted octanol–water partition coefficient (Wildman–Crippen LogP) is 5.83. The normalized spacial score (nSPS) is 20.8. The zero-order valence-electron chi connectivity index (χ0n) is 26.3. The molecule has 2 aliphatic heterocycles. The Bertz CT molecular complexity index is 1520. The molecule has 0 saturated carbocycles. The van der Waals surface area contributed by atoms with E-state index < -0.39 is 23.5 Å². The summed E-state index contributed by atoms with van der Waals surface area (Å²) in [4.78, 5) is 39.4. The molecule has 2 aliphatic rings. The van der Waals surface area contributed by atoms with E-state index in [-0.39, 0.29) is 44.2 Å². The number of nitrogens with zero attached hydrogens (tertiary/aromatic N) is 1. The van der Waals surface area contributed by atoms with Crippen LogP contribution in [0.5, 0.6) is 5.75 Å². The van der Waals surface area contributed by atoms with Crippen LogP contribution in [0.15, 0.2) is 72.8 Å². The number of carbonyl (C=O) groups excluding carboxylic acids is 3. The number of ether oxygens (including phenoxy) is 4. The number of esters is 1. The molecule has 3 aromatic rings. The van der Waals surface area contributed by atoms with Crippen molar-refractivity contribution in [3.8, 4) is 16.9 Å². The predicted molar refractivity (Wildman–Crippen MR) is 170 cm³/mol. The van der Waals surface area contributed by atoms with E-state index in [0.717, 1.165) is 5.56 Å². The Morgan fingerprint density at radius 3 is 2.54 bits per heavy atom. The van der Waals surface area contributed by atoms with Crippen molar-refractivity contribution < 1.29 is 37.7 Å². The molecule has 0 radical (unpaired) electrons. The van der Waals surface area contributed by atoms with Gasteiger partial charge in [-0.05, 0) is 56.7 Å². The fourth-order valence-electron chi connectivity index (χ4n) is 6.45. The molecule has 2 fully saturated rings. The summed E-state index contributed by atoms with van der Waals surface area (Å²) in [5.41, 5.74) is 1.30. The Kier molecular flexibility index (Phi) is 10.9. The number of morpholine rings is 1. The van der Waals surface area contributed by atoms with Crippen LogP contribution in [0.1, 0.15) is 50.7 Å². The van der Waals surface area contributed by atoms with Gasteiger partial charge < -0.3 is 24.3 Å². The third kappa shape index (κ3) is 7.67. The molecule has 2 amide bonds. The molecule has 10 heteroatoms. The molecular weight excluding hydrogens is 591 g/mol. The number of hydrogen-bond donors (Lipinski definition) is 1. The number of unbranched alkanes of at least 4 members (excludes halogenated alkanes) is 1. The van der Waals surface area contributed by atoms with Gasteiger partial charge in [-0.2, -0.15) is 0 Å². The van der Waals surface area contributed by atoms with E-state index in [1.165, 1.54) is 0 Å². The number of halogens is 1. The smallest absolute Gasteiger partial charge is 0.410 e. The zero-order valence-corrected chi connectivity index (χ0v) is 26.3. The second-order valence-corrected chi connectivity index (χ2v) is 11.8. The van der Waals surface area contributed by atoms with Gasteiger partial charge in [0.1, 0.15) is 24.8 Å². The number of nitrogens with one attached hydrogen (secondary N) is 1. The van der Waals surface area contributed by atoms with Crippen molar-refractivity contribution in [2.75, 3.05) is 26.4 Å². The lowest BCUT2D eigenvalue weighted by atomic mass is 9.84. The van der Waals surface area contributed by atoms with Gasteiger partial charge >= 0.3 is 12.1 Å². The molecule has 1 spiro atoms. The molecule has 46 heavy (non-hydrogen) atoms. The Morgan fingerprint density at radius 2 is 1.76 bits per heavy atom. The van der Waals surface area contributed by atoms with Crippen LogP contribution in [0, 0.1) is 5.82 Å². The lowest BCUT2D eigenvalue weighted by molar-refractivity contribution is -0.143. The SMILES string of the molecule is CCOC(=O)CCCCOc1ccccc1-c1cccc(CC2N(C(=O)OCc3ccccc3)[C@H](C)CC23COCC(=O)N3)c1F. The number of carbonyl (C=O) groups is 3. The van der Waals surface area contributed by atoms with Gasteiger partial charge in [-0.1, -0.05) is 66.7 Å². The summed E-state index contributed by atoms with van der Waals surface area (Å²) in [6, 6.07) is 20.9. The highest BCUT2D eigenvalue weighted by Crippen LogP contribution is 2.40. The average Bonchev–Trinajstić information content (AvgIpc) is 3.30. The van der Waals surface area contributed by atoms with Crippen LogP contribution in [-0.4, -0.2) is 66.9 Å². The highest BCUT2D eigenvalue weighted by atomic mass is 19.1. The summed E-state index contributed by atoms with van der Waals surface area (Å²) in [6.45, 7) is 4.62. The number of likely N-dealkylation sites (tertiary alicyclic amines) is 1. The minimum absolute atomic E-state index is 0.0647. The molecule has 9 nitrogen and oxygen atoms in total. The quantitative estimate of drug-likeness (QED) is 0.198. The molecule has 3 atom stereocenters. The van der Waals surface area contributed by atoms with Gasteiger partial charge in [0.2, 0.25) is 5.91 Å². The maximum absolute atomic E-state index is 16.5. The second kappa shape index (κ2) is 15.2. The molecular formula is C36H41FN2O7. The molecule has 0 aliphatic carbocycles. The van der Waals surface area contributed by atoms with Gasteiger partial charge in [0.05, 0.1) is 31.4 Å². The van der Waals surface area contributed by atoms with Gasteiger partial charge in [0.25, 0.3) is 0 Å². The van der Waals surface area contributed by atoms with Crippen molar-refractivity contribution in [1.82, 2.24) is 10.2 Å². The van der Waals surface area contributed by atoms with Crippen LogP contribution in [0.2, 0.25) is 0 Å². The molecule has 244 valence electrons. The number of para-hydroxylation sites is 1. The van der Waals surface area contributed by atoms with Crippen molar-refractivity contribution in [3.63, 3.8) is 0 Å². The number of amides is 2. The zero-order chi connectivity index (χ0) is 32.5. The first-order valence-electron chi connectivity index (χ1n) is 15.8. The van der Waals surface area contributed by atoms with E-state index in [1.807, 2.05) is 49.4 Å². The second-order valence-electron chi connectivity index (χ2n) is 11.8. The Labute approximate surface area is 269 Å². The van der Waals surface area contributed by atoms with E-state index in [1.54, 1.807) is 42.2 Å². The maximum atomic E-state index is 16.5. The third-order valence-corrected chi connectivity index (χ3v) is 8.51. The Morgan fingerprint density at radius 1 is 1.00 bits per heavy atom. The highest BCUT2D eigenvalue weighted by molar-refractivity contribution is 5.80. The molecule has 5 rings (SSSR count). The number of hydrogen-bond acceptors (Lipinski definition) is 7. The first kappa shape index (κ1) is 32.9. The van der Waals surface area contributed by atoms with Gasteiger partial charge in [-0.25, -0.2) is 9.18 Å². The lowest BCUT2D eigenvalue weighted by Gasteiger charge is -2.41. The molecule has 2 saturated heterocycles. The fourth-order valence-corrected chi connectivity index (χ4v) is 6.45. The van der Waals surface area contributed by atoms with E-state index in [9.17, 15) is 14.4 Å². The van der Waals surface area contributed by atoms with Gasteiger partial charge in [0.15, 0.2) is 0 Å². The summed E-state index contributed by atoms with van der Waals surface area (Å²) < 4.78 is 38.9. The minimum Gasteiger partial charge on any atom is -0.493 e. The summed E-state index contributed by atoms with van der Waals surface area (Å²) in [6.07, 6.45) is 1.62. The van der Waals surface area contributed by atoms with Crippen LogP contribution in [0.3, 0.4) is 0 Å². The van der Waals surface area contributed by atoms with Crippen LogP contribution in [0.4, 0.5) is 9.18 Å². The maximum Gasteiger partial charge on any atom is 0.410 e. The number of rotatable bonds is 12. The van der Waals surface area contributed by atoms with Gasteiger partial charge in [0, 0.05) is 23.6 Å². The molecule has 0 aromatic heterocycles. The van der Waals surface area contributed by atoms with Crippen molar-refractivity contribution in [2.24, 2.45) is 0 Å². The Hall–Kier alpha value is -4.44. The summed E-state index contributed by atoms with van der Waals surface area (Å²) in [7, 11) is 0. The largest absolute Gasteiger partial charge is 0.493 e. The standard InChI is InChI=1S/C36H41FN2O7/c1-3-44-33(41)18-9-10-19-45-30-17-8-7-15-28(30)29-16-11-14-27(34(29)37)20-31-36(24-43-23-32(40)38-36)21-25(2)39(31)35(42)46-22-26-12-5-4-6-13-26/h4-8,11-17,25,31H,3,9-10,18-24H2,1-2H3,(H,38,40)/t25-,31?,36?/m1/s1. The van der Waals surface area contributed by atoms with Crippen LogP contribution in [0.25, 0.3) is 11.1 Å². The molecule has 0 bridgehead atoms. The fraction of sp³-hybridized carbons (Fsp3) is 0.417. The highest BCUT2D eigenvalue weighted by Gasteiger charge is 2.55. The third-order valence-electron chi connectivity index (χ3n) is 8.51. The van der Waals surface area contributed by atoms with Crippen molar-refractivity contribution in [2.45, 2.75) is 70.2 Å². The summed E-state index contributed by atoms with van der Waals surface area (Å²) >= 11 is 0. The summed E-state index contributed by atoms with van der Waals surface area (Å²) in [5.74, 6) is -0.413. The van der Waals surface area contributed by atoms with E-state index in [2.05, 4.69) is 5.32 Å². The average molecular weight is 633 g/mol. The Balaban J connectivity index is 1.37. The first-order valence-corrected chi connectivity index (χ1v) is 15.8. The first-order chi connectivity index (χ1) is 22.3. The molecule has 2 unspecified atom stereocenters. The van der Waals surface area contributed by atoms with Gasteiger partial charge in [-0.15, -0.1) is 0 Å². The van der Waals surface area contributed by atoms with E-state index in [4.69, 9.17) is 18.9 Å². The van der Waals surface area contributed by atoms with Crippen LogP contribution < -0.4 is 10.1 Å². The molecule has 3 aromatic carbocycles. The van der Waals surface area contributed by atoms with Crippen molar-refractivity contribution in [3.05, 3.63) is 89.7 Å². The van der Waals surface area contributed by atoms with E-state index in [0.29, 0.717) is 61.3 Å². The van der Waals surface area contributed by atoms with Crippen LogP contribution in [-0.2, 0) is 36.8 Å². The molecule has 1 N–H and O–H groups in total. The van der Waals surface area contributed by atoms with E-state index >= 15 is 4.39 Å². The van der Waals surface area contributed by atoms with Gasteiger partial charge in [-0.3, -0.25) is 14.5 Å². The topological polar surface area (TPSA) is 103 Å². The summed E-state index contributed by atoms with van der Waals surface area (Å²) in [5, 5.41) is 3.09. The number of benzene rings is 3. The molecule has 2 heterocycles. The minimum atomic E-state index is -0.895. The lowest BCUT2D eigenvalue weighted by Crippen LogP contribution is -2.64.